The lowest BCUT2D eigenvalue weighted by Gasteiger charge is -2.35. The summed E-state index contributed by atoms with van der Waals surface area (Å²) >= 11 is 1.95. The lowest BCUT2D eigenvalue weighted by molar-refractivity contribution is -0.144. The SMILES string of the molecule is CCCC1NC(=O)CN(CC2CCCCS2)C1=O. The van der Waals surface area contributed by atoms with Crippen molar-refractivity contribution in [2.24, 2.45) is 0 Å². The summed E-state index contributed by atoms with van der Waals surface area (Å²) in [6, 6.07) is -0.287. The van der Waals surface area contributed by atoms with Gasteiger partial charge in [0.1, 0.15) is 6.04 Å². The van der Waals surface area contributed by atoms with Gasteiger partial charge in [-0.15, -0.1) is 0 Å². The van der Waals surface area contributed by atoms with Crippen molar-refractivity contribution in [3.05, 3.63) is 0 Å². The van der Waals surface area contributed by atoms with Crippen LogP contribution >= 0.6 is 11.8 Å². The Labute approximate surface area is 113 Å². The maximum atomic E-state index is 12.2. The monoisotopic (exact) mass is 270 g/mol. The van der Waals surface area contributed by atoms with Crippen molar-refractivity contribution < 1.29 is 9.59 Å². The molecule has 2 unspecified atom stereocenters. The Bertz CT molecular complexity index is 316. The average molecular weight is 270 g/mol. The number of hydrogen-bond donors (Lipinski definition) is 1. The summed E-state index contributed by atoms with van der Waals surface area (Å²) in [4.78, 5) is 25.6. The third-order valence-corrected chi connectivity index (χ3v) is 4.94. The Kier molecular flexibility index (Phi) is 4.92. The topological polar surface area (TPSA) is 49.4 Å². The maximum Gasteiger partial charge on any atom is 0.245 e. The third kappa shape index (κ3) is 3.40. The molecule has 0 radical (unpaired) electrons. The molecule has 0 bridgehead atoms. The van der Waals surface area contributed by atoms with Crippen molar-refractivity contribution >= 4 is 23.6 Å². The van der Waals surface area contributed by atoms with E-state index in [1.165, 1.54) is 25.0 Å². The van der Waals surface area contributed by atoms with Crippen LogP contribution in [0.3, 0.4) is 0 Å². The predicted octanol–water partition coefficient (Wildman–Crippen LogP) is 1.40. The molecule has 0 aliphatic carbocycles. The fraction of sp³-hybridized carbons (Fsp3) is 0.846. The van der Waals surface area contributed by atoms with Crippen molar-refractivity contribution in [3.8, 4) is 0 Å². The van der Waals surface area contributed by atoms with E-state index in [2.05, 4.69) is 5.32 Å². The van der Waals surface area contributed by atoms with E-state index < -0.39 is 0 Å². The quantitative estimate of drug-likeness (QED) is 0.840. The van der Waals surface area contributed by atoms with Gasteiger partial charge in [-0.25, -0.2) is 0 Å². The van der Waals surface area contributed by atoms with Crippen LogP contribution in [0, 0.1) is 0 Å². The fourth-order valence-corrected chi connectivity index (χ4v) is 3.93. The van der Waals surface area contributed by atoms with Crippen LogP contribution in [-0.2, 0) is 9.59 Å². The summed E-state index contributed by atoms with van der Waals surface area (Å²) in [6.45, 7) is 3.03. The molecule has 102 valence electrons. The van der Waals surface area contributed by atoms with Gasteiger partial charge in [-0.05, 0) is 25.0 Å². The summed E-state index contributed by atoms with van der Waals surface area (Å²) in [5.74, 6) is 1.30. The minimum atomic E-state index is -0.287. The zero-order valence-electron chi connectivity index (χ0n) is 11.0. The summed E-state index contributed by atoms with van der Waals surface area (Å²) in [5.41, 5.74) is 0. The van der Waals surface area contributed by atoms with Crippen LogP contribution in [0.5, 0.6) is 0 Å². The Morgan fingerprint density at radius 2 is 2.22 bits per heavy atom. The highest BCUT2D eigenvalue weighted by atomic mass is 32.2. The molecule has 2 rings (SSSR count). The molecule has 0 aromatic carbocycles. The van der Waals surface area contributed by atoms with E-state index in [0.717, 1.165) is 19.4 Å². The molecule has 2 aliphatic heterocycles. The zero-order valence-corrected chi connectivity index (χ0v) is 11.8. The molecule has 2 heterocycles. The van der Waals surface area contributed by atoms with Crippen LogP contribution in [0.2, 0.25) is 0 Å². The first kappa shape index (κ1) is 13.7. The molecule has 0 aromatic rings. The van der Waals surface area contributed by atoms with E-state index in [-0.39, 0.29) is 24.4 Å². The lowest BCUT2D eigenvalue weighted by Crippen LogP contribution is -2.59. The average Bonchev–Trinajstić information content (AvgIpc) is 2.36. The number of carbonyl (C=O) groups excluding carboxylic acids is 2. The van der Waals surface area contributed by atoms with Crippen LogP contribution in [0.1, 0.15) is 39.0 Å². The van der Waals surface area contributed by atoms with E-state index in [9.17, 15) is 9.59 Å². The maximum absolute atomic E-state index is 12.2. The summed E-state index contributed by atoms with van der Waals surface area (Å²) in [7, 11) is 0. The van der Waals surface area contributed by atoms with E-state index >= 15 is 0 Å². The molecule has 0 aromatic heterocycles. The lowest BCUT2D eigenvalue weighted by atomic mass is 10.1. The van der Waals surface area contributed by atoms with Gasteiger partial charge in [0.15, 0.2) is 0 Å². The van der Waals surface area contributed by atoms with Crippen LogP contribution in [0.15, 0.2) is 0 Å². The number of nitrogens with zero attached hydrogens (tertiary/aromatic N) is 1. The third-order valence-electron chi connectivity index (χ3n) is 3.55. The molecular formula is C13H22N2O2S. The number of thioether (sulfide) groups is 1. The minimum absolute atomic E-state index is 0.00569. The molecule has 0 spiro atoms. The number of piperazine rings is 1. The second kappa shape index (κ2) is 6.45. The van der Waals surface area contributed by atoms with Gasteiger partial charge < -0.3 is 10.2 Å². The summed E-state index contributed by atoms with van der Waals surface area (Å²) in [6.07, 6.45) is 5.38. The largest absolute Gasteiger partial charge is 0.343 e. The van der Waals surface area contributed by atoms with E-state index in [1.807, 2.05) is 18.7 Å². The van der Waals surface area contributed by atoms with Gasteiger partial charge >= 0.3 is 0 Å². The number of hydrogen-bond acceptors (Lipinski definition) is 3. The Hall–Kier alpha value is -0.710. The molecule has 2 saturated heterocycles. The van der Waals surface area contributed by atoms with E-state index in [4.69, 9.17) is 0 Å². The first-order valence-electron chi connectivity index (χ1n) is 6.90. The fourth-order valence-electron chi connectivity index (χ4n) is 2.61. The number of nitrogens with one attached hydrogen (secondary N) is 1. The molecule has 2 aliphatic rings. The zero-order chi connectivity index (χ0) is 13.0. The second-order valence-electron chi connectivity index (χ2n) is 5.12. The van der Waals surface area contributed by atoms with Gasteiger partial charge in [0, 0.05) is 11.8 Å². The Morgan fingerprint density at radius 3 is 2.89 bits per heavy atom. The van der Waals surface area contributed by atoms with E-state index in [0.29, 0.717) is 5.25 Å². The van der Waals surface area contributed by atoms with Crippen LogP contribution < -0.4 is 5.32 Å². The van der Waals surface area contributed by atoms with Crippen molar-refractivity contribution in [2.45, 2.75) is 50.3 Å². The number of carbonyl (C=O) groups is 2. The van der Waals surface area contributed by atoms with Crippen LogP contribution in [0.4, 0.5) is 0 Å². The van der Waals surface area contributed by atoms with Crippen molar-refractivity contribution in [1.82, 2.24) is 10.2 Å². The normalized spacial score (nSPS) is 29.3. The van der Waals surface area contributed by atoms with Gasteiger partial charge in [0.05, 0.1) is 6.54 Å². The van der Waals surface area contributed by atoms with Gasteiger partial charge in [-0.1, -0.05) is 19.8 Å². The van der Waals surface area contributed by atoms with Crippen LogP contribution in [-0.4, -0.2) is 46.8 Å². The van der Waals surface area contributed by atoms with Gasteiger partial charge in [0.25, 0.3) is 0 Å². The van der Waals surface area contributed by atoms with Gasteiger partial charge in [-0.2, -0.15) is 11.8 Å². The van der Waals surface area contributed by atoms with Crippen LogP contribution in [0.25, 0.3) is 0 Å². The van der Waals surface area contributed by atoms with E-state index in [1.54, 1.807) is 4.90 Å². The summed E-state index contributed by atoms with van der Waals surface area (Å²) in [5, 5.41) is 3.32. The second-order valence-corrected chi connectivity index (χ2v) is 6.52. The van der Waals surface area contributed by atoms with Crippen molar-refractivity contribution in [2.75, 3.05) is 18.8 Å². The minimum Gasteiger partial charge on any atom is -0.343 e. The molecular weight excluding hydrogens is 248 g/mol. The first-order chi connectivity index (χ1) is 8.70. The molecule has 4 nitrogen and oxygen atoms in total. The Morgan fingerprint density at radius 1 is 1.39 bits per heavy atom. The molecule has 2 atom stereocenters. The Balaban J connectivity index is 1.92. The highest BCUT2D eigenvalue weighted by Gasteiger charge is 2.33. The highest BCUT2D eigenvalue weighted by Crippen LogP contribution is 2.26. The summed E-state index contributed by atoms with van der Waals surface area (Å²) < 4.78 is 0. The molecule has 2 fully saturated rings. The number of rotatable bonds is 4. The molecule has 5 heteroatoms. The smallest absolute Gasteiger partial charge is 0.245 e. The first-order valence-corrected chi connectivity index (χ1v) is 7.95. The van der Waals surface area contributed by atoms with Gasteiger partial charge in [-0.3, -0.25) is 9.59 Å². The predicted molar refractivity (Wildman–Crippen MR) is 73.5 cm³/mol. The molecule has 18 heavy (non-hydrogen) atoms. The van der Waals surface area contributed by atoms with Crippen molar-refractivity contribution in [1.29, 1.82) is 0 Å². The highest BCUT2D eigenvalue weighted by molar-refractivity contribution is 7.99. The van der Waals surface area contributed by atoms with Crippen molar-refractivity contribution in [3.63, 3.8) is 0 Å². The van der Waals surface area contributed by atoms with Gasteiger partial charge in [0.2, 0.25) is 11.8 Å². The molecule has 0 saturated carbocycles. The molecule has 1 N–H and O–H groups in total. The molecule has 2 amide bonds. The number of amides is 2. The standard InChI is InChI=1S/C13H22N2O2S/c1-2-5-11-13(17)15(9-12(16)14-11)8-10-6-3-4-7-18-10/h10-11H,2-9H2,1H3,(H,14,16).